The normalized spacial score (nSPS) is 10.5. The first kappa shape index (κ1) is 13.5. The number of nitrogens with zero attached hydrogens (tertiary/aromatic N) is 1. The van der Waals surface area contributed by atoms with Crippen molar-refractivity contribution in [2.24, 2.45) is 5.92 Å². The number of hydrogen-bond donors (Lipinski definition) is 2. The Morgan fingerprint density at radius 2 is 1.95 bits per heavy atom. The third kappa shape index (κ3) is 4.06. The van der Waals surface area contributed by atoms with Gasteiger partial charge in [-0.1, -0.05) is 13.8 Å². The molecule has 100 valence electrons. The van der Waals surface area contributed by atoms with E-state index in [0.29, 0.717) is 0 Å². The third-order valence-corrected chi connectivity index (χ3v) is 3.41. The topological polar surface area (TPSA) is 54.0 Å². The van der Waals surface area contributed by atoms with E-state index in [1.165, 1.54) is 4.88 Å². The Hall–Kier alpha value is -1.88. The zero-order chi connectivity index (χ0) is 13.7. The highest BCUT2D eigenvalue weighted by Gasteiger charge is 2.06. The second kappa shape index (κ2) is 6.33. The standard InChI is InChI=1S/C14H17N3OS/c1-10(2)14(18)17-12-5-3-11(4-6-12)16-8-13-7-15-9-19-13/h3-7,9-10,16H,8H2,1-2H3,(H,17,18). The van der Waals surface area contributed by atoms with E-state index in [4.69, 9.17) is 0 Å². The molecule has 2 N–H and O–H groups in total. The molecule has 2 aromatic rings. The van der Waals surface area contributed by atoms with E-state index in [2.05, 4.69) is 15.6 Å². The summed E-state index contributed by atoms with van der Waals surface area (Å²) in [6.07, 6.45) is 1.86. The van der Waals surface area contributed by atoms with Gasteiger partial charge in [-0.2, -0.15) is 0 Å². The largest absolute Gasteiger partial charge is 0.380 e. The van der Waals surface area contributed by atoms with Gasteiger partial charge in [0.15, 0.2) is 0 Å². The molecule has 0 aliphatic carbocycles. The van der Waals surface area contributed by atoms with Crippen LogP contribution in [-0.2, 0) is 11.3 Å². The lowest BCUT2D eigenvalue weighted by Crippen LogP contribution is -2.17. The average molecular weight is 275 g/mol. The first-order valence-electron chi connectivity index (χ1n) is 6.17. The first-order chi connectivity index (χ1) is 9.15. The molecule has 0 atom stereocenters. The van der Waals surface area contributed by atoms with Crippen LogP contribution in [0.1, 0.15) is 18.7 Å². The van der Waals surface area contributed by atoms with Gasteiger partial charge in [-0.05, 0) is 24.3 Å². The molecule has 0 saturated carbocycles. The van der Waals surface area contributed by atoms with Crippen LogP contribution in [0.15, 0.2) is 36.0 Å². The maximum atomic E-state index is 11.5. The monoisotopic (exact) mass is 275 g/mol. The second-order valence-corrected chi connectivity index (χ2v) is 5.51. The molecule has 1 amide bonds. The summed E-state index contributed by atoms with van der Waals surface area (Å²) in [6.45, 7) is 4.52. The van der Waals surface area contributed by atoms with Gasteiger partial charge >= 0.3 is 0 Å². The number of hydrogen-bond acceptors (Lipinski definition) is 4. The van der Waals surface area contributed by atoms with Crippen molar-refractivity contribution in [1.29, 1.82) is 0 Å². The van der Waals surface area contributed by atoms with Crippen molar-refractivity contribution >= 4 is 28.6 Å². The van der Waals surface area contributed by atoms with Gasteiger partial charge < -0.3 is 10.6 Å². The Labute approximate surface area is 116 Å². The average Bonchev–Trinajstić information content (AvgIpc) is 2.91. The Balaban J connectivity index is 1.89. The minimum atomic E-state index is -0.0101. The van der Waals surface area contributed by atoms with Crippen molar-refractivity contribution in [2.75, 3.05) is 10.6 Å². The van der Waals surface area contributed by atoms with E-state index in [1.807, 2.05) is 49.8 Å². The van der Waals surface area contributed by atoms with Gasteiger partial charge in [0.2, 0.25) is 5.91 Å². The van der Waals surface area contributed by atoms with E-state index >= 15 is 0 Å². The third-order valence-electron chi connectivity index (χ3n) is 2.63. The number of amides is 1. The lowest BCUT2D eigenvalue weighted by Gasteiger charge is -2.09. The van der Waals surface area contributed by atoms with Gasteiger partial charge in [-0.25, -0.2) is 0 Å². The Morgan fingerprint density at radius 1 is 1.26 bits per heavy atom. The summed E-state index contributed by atoms with van der Waals surface area (Å²) in [7, 11) is 0. The number of rotatable bonds is 5. The summed E-state index contributed by atoms with van der Waals surface area (Å²) in [5.41, 5.74) is 3.67. The highest BCUT2D eigenvalue weighted by Crippen LogP contribution is 2.16. The molecule has 1 aromatic carbocycles. The number of carbonyl (C=O) groups excluding carboxylic acids is 1. The Morgan fingerprint density at radius 3 is 2.53 bits per heavy atom. The van der Waals surface area contributed by atoms with Gasteiger partial charge in [0.1, 0.15) is 0 Å². The summed E-state index contributed by atoms with van der Waals surface area (Å²) < 4.78 is 0. The van der Waals surface area contributed by atoms with E-state index < -0.39 is 0 Å². The number of nitrogens with one attached hydrogen (secondary N) is 2. The molecule has 2 rings (SSSR count). The van der Waals surface area contributed by atoms with Gasteiger partial charge in [0.05, 0.1) is 12.1 Å². The molecular weight excluding hydrogens is 258 g/mol. The first-order valence-corrected chi connectivity index (χ1v) is 7.05. The van der Waals surface area contributed by atoms with Crippen molar-refractivity contribution in [3.63, 3.8) is 0 Å². The van der Waals surface area contributed by atoms with Crippen molar-refractivity contribution in [3.05, 3.63) is 40.8 Å². The number of anilines is 2. The zero-order valence-corrected chi connectivity index (χ0v) is 11.8. The van der Waals surface area contributed by atoms with Gasteiger partial charge in [-0.15, -0.1) is 11.3 Å². The molecule has 0 saturated heterocycles. The van der Waals surface area contributed by atoms with E-state index in [1.54, 1.807) is 11.3 Å². The molecule has 0 radical (unpaired) electrons. The summed E-state index contributed by atoms with van der Waals surface area (Å²) in [4.78, 5) is 16.8. The molecule has 0 aliphatic rings. The van der Waals surface area contributed by atoms with E-state index in [0.717, 1.165) is 17.9 Å². The van der Waals surface area contributed by atoms with Crippen molar-refractivity contribution < 1.29 is 4.79 Å². The lowest BCUT2D eigenvalue weighted by atomic mass is 10.2. The van der Waals surface area contributed by atoms with E-state index in [-0.39, 0.29) is 11.8 Å². The Kier molecular flexibility index (Phi) is 4.52. The molecular formula is C14H17N3OS. The molecule has 1 aromatic heterocycles. The smallest absolute Gasteiger partial charge is 0.226 e. The van der Waals surface area contributed by atoms with Crippen LogP contribution in [0.5, 0.6) is 0 Å². The van der Waals surface area contributed by atoms with Crippen LogP contribution in [0.2, 0.25) is 0 Å². The highest BCUT2D eigenvalue weighted by atomic mass is 32.1. The van der Waals surface area contributed by atoms with Gasteiger partial charge in [0.25, 0.3) is 0 Å². The maximum Gasteiger partial charge on any atom is 0.226 e. The van der Waals surface area contributed by atoms with Gasteiger partial charge in [-0.3, -0.25) is 9.78 Å². The Bertz CT molecular complexity index is 520. The molecule has 0 bridgehead atoms. The quantitative estimate of drug-likeness (QED) is 0.880. The fourth-order valence-electron chi connectivity index (χ4n) is 1.48. The fraction of sp³-hybridized carbons (Fsp3) is 0.286. The van der Waals surface area contributed by atoms with Crippen LogP contribution < -0.4 is 10.6 Å². The second-order valence-electron chi connectivity index (χ2n) is 4.54. The highest BCUT2D eigenvalue weighted by molar-refractivity contribution is 7.09. The molecule has 0 fully saturated rings. The molecule has 19 heavy (non-hydrogen) atoms. The van der Waals surface area contributed by atoms with Crippen LogP contribution in [0.4, 0.5) is 11.4 Å². The molecule has 0 spiro atoms. The summed E-state index contributed by atoms with van der Waals surface area (Å²) in [5.74, 6) is 0.0227. The molecule has 1 heterocycles. The predicted octanol–water partition coefficient (Wildman–Crippen LogP) is 3.35. The minimum absolute atomic E-state index is 0.0101. The number of benzene rings is 1. The van der Waals surface area contributed by atoms with Crippen LogP contribution in [-0.4, -0.2) is 10.9 Å². The van der Waals surface area contributed by atoms with Crippen molar-refractivity contribution in [1.82, 2.24) is 4.98 Å². The molecule has 0 unspecified atom stereocenters. The summed E-state index contributed by atoms with van der Waals surface area (Å²) >= 11 is 1.63. The van der Waals surface area contributed by atoms with Gasteiger partial charge in [0, 0.05) is 28.4 Å². The minimum Gasteiger partial charge on any atom is -0.380 e. The van der Waals surface area contributed by atoms with E-state index in [9.17, 15) is 4.79 Å². The predicted molar refractivity (Wildman–Crippen MR) is 79.4 cm³/mol. The number of carbonyl (C=O) groups is 1. The SMILES string of the molecule is CC(C)C(=O)Nc1ccc(NCc2cncs2)cc1. The van der Waals surface area contributed by atoms with Crippen LogP contribution in [0.3, 0.4) is 0 Å². The molecule has 5 heteroatoms. The van der Waals surface area contributed by atoms with Crippen molar-refractivity contribution in [2.45, 2.75) is 20.4 Å². The maximum absolute atomic E-state index is 11.5. The lowest BCUT2D eigenvalue weighted by molar-refractivity contribution is -0.118. The summed E-state index contributed by atoms with van der Waals surface area (Å²) in [6, 6.07) is 7.71. The summed E-state index contributed by atoms with van der Waals surface area (Å²) in [5, 5.41) is 6.17. The molecule has 4 nitrogen and oxygen atoms in total. The van der Waals surface area contributed by atoms with Crippen molar-refractivity contribution in [3.8, 4) is 0 Å². The number of aromatic nitrogens is 1. The van der Waals surface area contributed by atoms with Crippen LogP contribution in [0, 0.1) is 5.92 Å². The number of thiazole rings is 1. The fourth-order valence-corrected chi connectivity index (χ4v) is 2.01. The molecule has 0 aliphatic heterocycles. The van der Waals surface area contributed by atoms with Crippen LogP contribution in [0.25, 0.3) is 0 Å². The zero-order valence-electron chi connectivity index (χ0n) is 11.0. The van der Waals surface area contributed by atoms with Crippen LogP contribution >= 0.6 is 11.3 Å².